The van der Waals surface area contributed by atoms with Crippen LogP contribution in [0.3, 0.4) is 0 Å². The molecule has 1 atom stereocenters. The molecular formula is C16H26ClNS. The predicted octanol–water partition coefficient (Wildman–Crippen LogP) is 5.38. The highest BCUT2D eigenvalue weighted by Crippen LogP contribution is 2.27. The van der Waals surface area contributed by atoms with E-state index in [1.807, 2.05) is 30.0 Å². The van der Waals surface area contributed by atoms with Crippen LogP contribution in [-0.2, 0) is 0 Å². The topological polar surface area (TPSA) is 12.0 Å². The van der Waals surface area contributed by atoms with Gasteiger partial charge in [-0.2, -0.15) is 0 Å². The maximum Gasteiger partial charge on any atom is 0.0541 e. The number of halogens is 1. The van der Waals surface area contributed by atoms with Crippen molar-refractivity contribution < 1.29 is 0 Å². The van der Waals surface area contributed by atoms with Crippen molar-refractivity contribution in [2.45, 2.75) is 56.4 Å². The Bertz CT molecular complexity index is 343. The van der Waals surface area contributed by atoms with E-state index in [9.17, 15) is 0 Å². The number of hydrogen-bond donors (Lipinski definition) is 1. The van der Waals surface area contributed by atoms with Gasteiger partial charge < -0.3 is 5.32 Å². The Hall–Kier alpha value is -0.180. The van der Waals surface area contributed by atoms with E-state index in [1.54, 1.807) is 0 Å². The van der Waals surface area contributed by atoms with Crippen LogP contribution in [0.2, 0.25) is 5.02 Å². The molecule has 0 bridgehead atoms. The molecule has 108 valence electrons. The molecule has 0 saturated heterocycles. The molecule has 1 rings (SSSR count). The summed E-state index contributed by atoms with van der Waals surface area (Å²) in [6.07, 6.45) is 8.02. The van der Waals surface area contributed by atoms with Gasteiger partial charge in [-0.15, -0.1) is 11.8 Å². The fraction of sp³-hybridized carbons (Fsp3) is 0.625. The Balaban J connectivity index is 2.23. The van der Waals surface area contributed by atoms with Crippen LogP contribution in [0.15, 0.2) is 29.2 Å². The van der Waals surface area contributed by atoms with E-state index in [0.717, 1.165) is 10.8 Å². The largest absolute Gasteiger partial charge is 0.316 e. The van der Waals surface area contributed by atoms with Gasteiger partial charge in [0.05, 0.1) is 5.02 Å². The van der Waals surface area contributed by atoms with Crippen molar-refractivity contribution in [3.63, 3.8) is 0 Å². The fourth-order valence-electron chi connectivity index (χ4n) is 2.06. The van der Waals surface area contributed by atoms with E-state index in [4.69, 9.17) is 11.6 Å². The quantitative estimate of drug-likeness (QED) is 0.460. The van der Waals surface area contributed by atoms with Crippen LogP contribution >= 0.6 is 23.4 Å². The molecule has 0 radical (unpaired) electrons. The van der Waals surface area contributed by atoms with Crippen molar-refractivity contribution in [3.05, 3.63) is 29.3 Å². The molecule has 0 aliphatic heterocycles. The average Bonchev–Trinajstić information content (AvgIpc) is 2.43. The predicted molar refractivity (Wildman–Crippen MR) is 88.4 cm³/mol. The first-order chi connectivity index (χ1) is 9.27. The number of hydrogen-bond acceptors (Lipinski definition) is 2. The molecule has 0 spiro atoms. The van der Waals surface area contributed by atoms with E-state index in [1.165, 1.54) is 43.4 Å². The molecule has 1 nitrogen and oxygen atoms in total. The summed E-state index contributed by atoms with van der Waals surface area (Å²) < 4.78 is 0. The molecular weight excluding hydrogens is 274 g/mol. The molecule has 0 amide bonds. The van der Waals surface area contributed by atoms with Crippen molar-refractivity contribution in [2.75, 3.05) is 12.8 Å². The number of rotatable bonds is 10. The first kappa shape index (κ1) is 16.9. The average molecular weight is 300 g/mol. The summed E-state index contributed by atoms with van der Waals surface area (Å²) in [6.45, 7) is 2.26. The highest BCUT2D eigenvalue weighted by Gasteiger charge is 2.08. The molecule has 0 heterocycles. The molecule has 1 aromatic rings. The summed E-state index contributed by atoms with van der Waals surface area (Å²) in [5.41, 5.74) is 0. The van der Waals surface area contributed by atoms with E-state index in [-0.39, 0.29) is 0 Å². The van der Waals surface area contributed by atoms with Gasteiger partial charge in [0.25, 0.3) is 0 Å². The van der Waals surface area contributed by atoms with Gasteiger partial charge in [-0.05, 0) is 25.6 Å². The SMILES string of the molecule is CCCCCCCC(CSc1ccccc1Cl)NC. The number of benzene rings is 1. The van der Waals surface area contributed by atoms with Crippen LogP contribution < -0.4 is 5.32 Å². The minimum absolute atomic E-state index is 0.586. The minimum atomic E-state index is 0.586. The van der Waals surface area contributed by atoms with Gasteiger partial charge in [-0.3, -0.25) is 0 Å². The number of unbranched alkanes of at least 4 members (excludes halogenated alkanes) is 4. The van der Waals surface area contributed by atoms with Gasteiger partial charge >= 0.3 is 0 Å². The Morgan fingerprint density at radius 1 is 1.16 bits per heavy atom. The van der Waals surface area contributed by atoms with Gasteiger partial charge in [0.1, 0.15) is 0 Å². The van der Waals surface area contributed by atoms with Crippen LogP contribution in [-0.4, -0.2) is 18.8 Å². The van der Waals surface area contributed by atoms with Crippen molar-refractivity contribution in [3.8, 4) is 0 Å². The van der Waals surface area contributed by atoms with Crippen LogP contribution in [0, 0.1) is 0 Å². The Morgan fingerprint density at radius 2 is 1.89 bits per heavy atom. The number of nitrogens with one attached hydrogen (secondary N) is 1. The molecule has 1 unspecified atom stereocenters. The van der Waals surface area contributed by atoms with Crippen LogP contribution in [0.25, 0.3) is 0 Å². The third-order valence-electron chi connectivity index (χ3n) is 3.34. The maximum absolute atomic E-state index is 6.17. The zero-order valence-corrected chi connectivity index (χ0v) is 13.7. The smallest absolute Gasteiger partial charge is 0.0541 e. The standard InChI is InChI=1S/C16H26ClNS/c1-3-4-5-6-7-10-14(18-2)13-19-16-12-9-8-11-15(16)17/h8-9,11-12,14,18H,3-7,10,13H2,1-2H3. The zero-order chi connectivity index (χ0) is 13.9. The second-order valence-corrected chi connectivity index (χ2v) is 6.40. The minimum Gasteiger partial charge on any atom is -0.316 e. The van der Waals surface area contributed by atoms with Crippen LogP contribution in [0.5, 0.6) is 0 Å². The summed E-state index contributed by atoms with van der Waals surface area (Å²) >= 11 is 8.02. The van der Waals surface area contributed by atoms with E-state index >= 15 is 0 Å². The van der Waals surface area contributed by atoms with E-state index in [2.05, 4.69) is 25.4 Å². The molecule has 0 saturated carbocycles. The molecule has 0 aliphatic carbocycles. The van der Waals surface area contributed by atoms with Crippen molar-refractivity contribution in [1.29, 1.82) is 0 Å². The van der Waals surface area contributed by atoms with Crippen molar-refractivity contribution in [2.24, 2.45) is 0 Å². The van der Waals surface area contributed by atoms with Crippen LogP contribution in [0.4, 0.5) is 0 Å². The highest BCUT2D eigenvalue weighted by molar-refractivity contribution is 7.99. The third kappa shape index (κ3) is 7.24. The molecule has 1 N–H and O–H groups in total. The molecule has 0 aliphatic rings. The van der Waals surface area contributed by atoms with E-state index < -0.39 is 0 Å². The molecule has 0 aromatic heterocycles. The molecule has 3 heteroatoms. The van der Waals surface area contributed by atoms with Gasteiger partial charge in [0.2, 0.25) is 0 Å². The fourth-order valence-corrected chi connectivity index (χ4v) is 3.45. The van der Waals surface area contributed by atoms with Gasteiger partial charge in [-0.25, -0.2) is 0 Å². The molecule has 1 aromatic carbocycles. The van der Waals surface area contributed by atoms with Crippen molar-refractivity contribution in [1.82, 2.24) is 5.32 Å². The Kier molecular flexibility index (Phi) is 9.40. The lowest BCUT2D eigenvalue weighted by Gasteiger charge is -2.16. The van der Waals surface area contributed by atoms with Gasteiger partial charge in [0, 0.05) is 16.7 Å². The van der Waals surface area contributed by atoms with Gasteiger partial charge in [-0.1, -0.05) is 62.8 Å². The van der Waals surface area contributed by atoms with Crippen LogP contribution in [0.1, 0.15) is 45.4 Å². The third-order valence-corrected chi connectivity index (χ3v) is 5.02. The summed E-state index contributed by atoms with van der Waals surface area (Å²) in [7, 11) is 2.06. The van der Waals surface area contributed by atoms with Crippen molar-refractivity contribution >= 4 is 23.4 Å². The lowest BCUT2D eigenvalue weighted by atomic mass is 10.1. The maximum atomic E-state index is 6.17. The monoisotopic (exact) mass is 299 g/mol. The first-order valence-electron chi connectivity index (χ1n) is 7.32. The second kappa shape index (κ2) is 10.6. The Labute approximate surface area is 127 Å². The summed E-state index contributed by atoms with van der Waals surface area (Å²) in [5.74, 6) is 1.09. The molecule has 0 fully saturated rings. The first-order valence-corrected chi connectivity index (χ1v) is 8.68. The Morgan fingerprint density at radius 3 is 2.58 bits per heavy atom. The second-order valence-electron chi connectivity index (χ2n) is 4.93. The highest BCUT2D eigenvalue weighted by atomic mass is 35.5. The lowest BCUT2D eigenvalue weighted by molar-refractivity contribution is 0.518. The van der Waals surface area contributed by atoms with Gasteiger partial charge in [0.15, 0.2) is 0 Å². The summed E-state index contributed by atoms with van der Waals surface area (Å²) in [6, 6.07) is 8.68. The normalized spacial score (nSPS) is 12.6. The lowest BCUT2D eigenvalue weighted by Crippen LogP contribution is -2.27. The van der Waals surface area contributed by atoms with E-state index in [0.29, 0.717) is 6.04 Å². The summed E-state index contributed by atoms with van der Waals surface area (Å²) in [5, 5.41) is 4.28. The number of thioether (sulfide) groups is 1. The molecule has 19 heavy (non-hydrogen) atoms. The zero-order valence-electron chi connectivity index (χ0n) is 12.1. The summed E-state index contributed by atoms with van der Waals surface area (Å²) in [4.78, 5) is 1.19.